The summed E-state index contributed by atoms with van der Waals surface area (Å²) in [5.41, 5.74) is 0.936. The summed E-state index contributed by atoms with van der Waals surface area (Å²) in [6.07, 6.45) is 1.71. The molecule has 0 spiro atoms. The van der Waals surface area contributed by atoms with Crippen molar-refractivity contribution in [2.45, 2.75) is 31.6 Å². The van der Waals surface area contributed by atoms with Gasteiger partial charge in [-0.1, -0.05) is 61.0 Å². The lowest BCUT2D eigenvalue weighted by molar-refractivity contribution is -0.113. The number of ether oxygens (including phenoxy) is 1. The average Bonchev–Trinajstić information content (AvgIpc) is 3.26. The first-order chi connectivity index (χ1) is 17.2. The third-order valence-electron chi connectivity index (χ3n) is 5.20. The van der Waals surface area contributed by atoms with E-state index in [9.17, 15) is 9.59 Å². The van der Waals surface area contributed by atoms with Gasteiger partial charge in [0.05, 0.1) is 34.6 Å². The maximum atomic E-state index is 12.9. The molecule has 1 heterocycles. The molecule has 3 rings (SSSR count). The summed E-state index contributed by atoms with van der Waals surface area (Å²) in [4.78, 5) is 25.5. The van der Waals surface area contributed by atoms with E-state index < -0.39 is 6.04 Å². The van der Waals surface area contributed by atoms with Gasteiger partial charge in [0, 0.05) is 12.1 Å². The highest BCUT2D eigenvalue weighted by Gasteiger charge is 2.26. The molecule has 2 amide bonds. The standard InChI is InChI=1S/C25H27Cl2N5O3S/c1-5-13-32-23(22(15(2)3)29-24(34)16-9-11-17(35-4)12-10-16)30-31-25(32)36-14-20(33)28-19-8-6-7-18(26)21(19)27/h5-12,15,22H,1,13-14H2,2-4H3,(H,28,33)(H,29,34). The Hall–Kier alpha value is -3.01. The predicted octanol–water partition coefficient (Wildman–Crippen LogP) is 5.64. The monoisotopic (exact) mass is 547 g/mol. The van der Waals surface area contributed by atoms with Crippen molar-refractivity contribution in [3.05, 3.63) is 76.6 Å². The van der Waals surface area contributed by atoms with Crippen LogP contribution in [0.25, 0.3) is 0 Å². The zero-order valence-electron chi connectivity index (χ0n) is 20.1. The van der Waals surface area contributed by atoms with Crippen molar-refractivity contribution < 1.29 is 14.3 Å². The number of hydrogen-bond donors (Lipinski definition) is 2. The number of rotatable bonds is 11. The Kier molecular flexibility index (Phi) is 9.81. The number of amides is 2. The molecule has 3 aromatic rings. The Labute approximate surface area is 224 Å². The molecule has 0 fully saturated rings. The number of methoxy groups -OCH3 is 1. The normalized spacial score (nSPS) is 11.7. The molecule has 0 bridgehead atoms. The summed E-state index contributed by atoms with van der Waals surface area (Å²) in [5.74, 6) is 0.825. The second kappa shape index (κ2) is 12.8. The molecule has 0 aliphatic carbocycles. The van der Waals surface area contributed by atoms with E-state index in [2.05, 4.69) is 27.4 Å². The molecule has 8 nitrogen and oxygen atoms in total. The Morgan fingerprint density at radius 3 is 2.53 bits per heavy atom. The number of anilines is 1. The quantitative estimate of drug-likeness (QED) is 0.238. The van der Waals surface area contributed by atoms with Crippen LogP contribution in [-0.2, 0) is 11.3 Å². The summed E-state index contributed by atoms with van der Waals surface area (Å²) >= 11 is 13.4. The van der Waals surface area contributed by atoms with Gasteiger partial charge < -0.3 is 19.9 Å². The van der Waals surface area contributed by atoms with Gasteiger partial charge in [0.15, 0.2) is 11.0 Å². The molecule has 0 saturated heterocycles. The maximum Gasteiger partial charge on any atom is 0.251 e. The van der Waals surface area contributed by atoms with Gasteiger partial charge >= 0.3 is 0 Å². The average molecular weight is 548 g/mol. The number of thioether (sulfide) groups is 1. The lowest BCUT2D eigenvalue weighted by Gasteiger charge is -2.22. The molecule has 1 aromatic heterocycles. The molecule has 36 heavy (non-hydrogen) atoms. The van der Waals surface area contributed by atoms with E-state index in [0.717, 1.165) is 0 Å². The zero-order valence-corrected chi connectivity index (χ0v) is 22.5. The van der Waals surface area contributed by atoms with Crippen molar-refractivity contribution in [2.75, 3.05) is 18.2 Å². The topological polar surface area (TPSA) is 98.1 Å². The fourth-order valence-corrected chi connectivity index (χ4v) is 4.45. The van der Waals surface area contributed by atoms with Gasteiger partial charge in [-0.3, -0.25) is 9.59 Å². The number of carbonyl (C=O) groups is 2. The second-order valence-electron chi connectivity index (χ2n) is 8.10. The van der Waals surface area contributed by atoms with Crippen LogP contribution in [0.4, 0.5) is 5.69 Å². The zero-order chi connectivity index (χ0) is 26.2. The molecule has 1 unspecified atom stereocenters. The lowest BCUT2D eigenvalue weighted by atomic mass is 10.0. The first-order valence-electron chi connectivity index (χ1n) is 11.1. The van der Waals surface area contributed by atoms with Crippen LogP contribution in [0, 0.1) is 5.92 Å². The van der Waals surface area contributed by atoms with E-state index in [1.54, 1.807) is 55.7 Å². The smallest absolute Gasteiger partial charge is 0.251 e. The van der Waals surface area contributed by atoms with Crippen molar-refractivity contribution in [1.29, 1.82) is 0 Å². The van der Waals surface area contributed by atoms with Crippen molar-refractivity contribution >= 4 is 52.5 Å². The largest absolute Gasteiger partial charge is 0.497 e. The third kappa shape index (κ3) is 6.81. The first kappa shape index (κ1) is 27.6. The lowest BCUT2D eigenvalue weighted by Crippen LogP contribution is -2.33. The maximum absolute atomic E-state index is 12.9. The van der Waals surface area contributed by atoms with Crippen molar-refractivity contribution in [3.8, 4) is 5.75 Å². The molecule has 190 valence electrons. The van der Waals surface area contributed by atoms with Crippen molar-refractivity contribution in [3.63, 3.8) is 0 Å². The van der Waals surface area contributed by atoms with E-state index in [4.69, 9.17) is 27.9 Å². The molecule has 2 N–H and O–H groups in total. The van der Waals surface area contributed by atoms with Crippen LogP contribution in [0.5, 0.6) is 5.75 Å². The third-order valence-corrected chi connectivity index (χ3v) is 6.98. The number of hydrogen-bond acceptors (Lipinski definition) is 6. The molecule has 11 heteroatoms. The Balaban J connectivity index is 1.75. The molecule has 1 atom stereocenters. The molecular formula is C25H27Cl2N5O3S. The summed E-state index contributed by atoms with van der Waals surface area (Å²) in [7, 11) is 1.57. The van der Waals surface area contributed by atoms with Crippen LogP contribution in [0.15, 0.2) is 60.3 Å². The van der Waals surface area contributed by atoms with Gasteiger partial charge in [-0.25, -0.2) is 0 Å². The molecule has 2 aromatic carbocycles. The Morgan fingerprint density at radius 1 is 1.17 bits per heavy atom. The van der Waals surface area contributed by atoms with Crippen LogP contribution >= 0.6 is 35.0 Å². The molecule has 0 radical (unpaired) electrons. The van der Waals surface area contributed by atoms with Gasteiger partial charge in [-0.2, -0.15) is 0 Å². The minimum absolute atomic E-state index is 0.0195. The fourth-order valence-electron chi connectivity index (χ4n) is 3.35. The Bertz CT molecular complexity index is 1230. The van der Waals surface area contributed by atoms with E-state index in [1.165, 1.54) is 11.8 Å². The number of carbonyl (C=O) groups excluding carboxylic acids is 2. The van der Waals surface area contributed by atoms with Crippen molar-refractivity contribution in [2.24, 2.45) is 5.92 Å². The van der Waals surface area contributed by atoms with Crippen LogP contribution in [0.1, 0.15) is 36.1 Å². The summed E-state index contributed by atoms with van der Waals surface area (Å²) in [6.45, 7) is 8.21. The SMILES string of the molecule is C=CCn1c(SCC(=O)Nc2cccc(Cl)c2Cl)nnc1C(NC(=O)c1ccc(OC)cc1)C(C)C. The van der Waals surface area contributed by atoms with Gasteiger partial charge in [-0.05, 0) is 42.3 Å². The van der Waals surface area contributed by atoms with E-state index in [1.807, 2.05) is 18.4 Å². The molecule has 0 aliphatic rings. The van der Waals surface area contributed by atoms with Crippen molar-refractivity contribution in [1.82, 2.24) is 20.1 Å². The second-order valence-corrected chi connectivity index (χ2v) is 9.83. The van der Waals surface area contributed by atoms with Crippen LogP contribution in [0.3, 0.4) is 0 Å². The Morgan fingerprint density at radius 2 is 1.89 bits per heavy atom. The highest BCUT2D eigenvalue weighted by molar-refractivity contribution is 7.99. The van der Waals surface area contributed by atoms with Crippen LogP contribution in [-0.4, -0.2) is 39.4 Å². The number of nitrogens with zero attached hydrogens (tertiary/aromatic N) is 3. The van der Waals surface area contributed by atoms with E-state index in [-0.39, 0.29) is 28.5 Å². The highest BCUT2D eigenvalue weighted by atomic mass is 35.5. The molecular weight excluding hydrogens is 521 g/mol. The predicted molar refractivity (Wildman–Crippen MR) is 144 cm³/mol. The fraction of sp³-hybridized carbons (Fsp3) is 0.280. The molecule has 0 aliphatic heterocycles. The highest BCUT2D eigenvalue weighted by Crippen LogP contribution is 2.30. The van der Waals surface area contributed by atoms with E-state index in [0.29, 0.717) is 39.5 Å². The van der Waals surface area contributed by atoms with Gasteiger partial charge in [0.25, 0.3) is 5.91 Å². The summed E-state index contributed by atoms with van der Waals surface area (Å²) in [5, 5.41) is 15.6. The summed E-state index contributed by atoms with van der Waals surface area (Å²) < 4.78 is 7.00. The number of benzene rings is 2. The minimum Gasteiger partial charge on any atom is -0.497 e. The molecule has 0 saturated carbocycles. The van der Waals surface area contributed by atoms with Crippen LogP contribution < -0.4 is 15.4 Å². The first-order valence-corrected chi connectivity index (χ1v) is 12.8. The number of halogens is 2. The van der Waals surface area contributed by atoms with Gasteiger partial charge in [0.1, 0.15) is 5.75 Å². The van der Waals surface area contributed by atoms with Crippen LogP contribution in [0.2, 0.25) is 10.0 Å². The summed E-state index contributed by atoms with van der Waals surface area (Å²) in [6, 6.07) is 11.5. The number of allylic oxidation sites excluding steroid dienone is 1. The number of aromatic nitrogens is 3. The van der Waals surface area contributed by atoms with Gasteiger partial charge in [0.2, 0.25) is 5.91 Å². The minimum atomic E-state index is -0.416. The number of nitrogens with one attached hydrogen (secondary N) is 2. The van der Waals surface area contributed by atoms with Gasteiger partial charge in [-0.15, -0.1) is 16.8 Å². The van der Waals surface area contributed by atoms with E-state index >= 15 is 0 Å².